The van der Waals surface area contributed by atoms with Crippen molar-refractivity contribution in [2.24, 2.45) is 0 Å². The van der Waals surface area contributed by atoms with Gasteiger partial charge in [-0.15, -0.1) is 0 Å². The second kappa shape index (κ2) is 6.60. The van der Waals surface area contributed by atoms with Crippen molar-refractivity contribution >= 4 is 17.2 Å². The lowest BCUT2D eigenvalue weighted by atomic mass is 10.2. The van der Waals surface area contributed by atoms with Gasteiger partial charge in [-0.25, -0.2) is 15.0 Å². The van der Waals surface area contributed by atoms with E-state index in [9.17, 15) is 0 Å². The van der Waals surface area contributed by atoms with Crippen molar-refractivity contribution in [3.63, 3.8) is 0 Å². The van der Waals surface area contributed by atoms with Crippen LogP contribution in [0, 0.1) is 6.92 Å². The van der Waals surface area contributed by atoms with Crippen LogP contribution >= 0.6 is 0 Å². The molecule has 2 N–H and O–H groups in total. The Balaban J connectivity index is 1.58. The summed E-state index contributed by atoms with van der Waals surface area (Å²) in [6.07, 6.45) is 9.28. The van der Waals surface area contributed by atoms with Gasteiger partial charge in [-0.05, 0) is 49.0 Å². The second-order valence-corrected chi connectivity index (χ2v) is 5.71. The van der Waals surface area contributed by atoms with Crippen LogP contribution in [0.5, 0.6) is 0 Å². The maximum absolute atomic E-state index is 5.87. The number of allylic oxidation sites excluding steroid dienone is 2. The fourth-order valence-electron chi connectivity index (χ4n) is 2.53. The number of nitrogens with zero attached hydrogens (tertiary/aromatic N) is 3. The summed E-state index contributed by atoms with van der Waals surface area (Å²) < 4.78 is 5.87. The number of rotatable bonds is 4. The number of nitrogens with one attached hydrogen (secondary N) is 2. The Hall–Kier alpha value is -3.41. The molecule has 25 heavy (non-hydrogen) atoms. The summed E-state index contributed by atoms with van der Waals surface area (Å²) in [5.74, 6) is 2.70. The third kappa shape index (κ3) is 3.42. The van der Waals surface area contributed by atoms with Gasteiger partial charge < -0.3 is 15.1 Å². The van der Waals surface area contributed by atoms with Gasteiger partial charge in [0.2, 0.25) is 5.89 Å². The summed E-state index contributed by atoms with van der Waals surface area (Å²) in [6.45, 7) is 2.72. The Morgan fingerprint density at radius 1 is 1.16 bits per heavy atom. The molecule has 0 bridgehead atoms. The predicted octanol–water partition coefficient (Wildman–Crippen LogP) is 3.68. The lowest BCUT2D eigenvalue weighted by Gasteiger charge is -2.07. The minimum absolute atomic E-state index is 0.604. The summed E-state index contributed by atoms with van der Waals surface area (Å²) in [6, 6.07) is 9.63. The molecule has 0 amide bonds. The fraction of sp³-hybridized carbons (Fsp3) is 0.105. The van der Waals surface area contributed by atoms with Crippen LogP contribution in [0.4, 0.5) is 11.6 Å². The number of aromatic nitrogens is 3. The molecule has 1 aliphatic rings. The van der Waals surface area contributed by atoms with Crippen LogP contribution in [-0.2, 0) is 0 Å². The second-order valence-electron chi connectivity index (χ2n) is 5.71. The van der Waals surface area contributed by atoms with Gasteiger partial charge in [0.1, 0.15) is 17.3 Å². The van der Waals surface area contributed by atoms with E-state index >= 15 is 0 Å². The normalized spacial score (nSPS) is 13.2. The Labute approximate surface area is 145 Å². The Kier molecular flexibility index (Phi) is 4.00. The van der Waals surface area contributed by atoms with Crippen LogP contribution in [0.15, 0.2) is 65.5 Å². The molecule has 0 saturated carbocycles. The maximum Gasteiger partial charge on any atom is 0.224 e. The van der Waals surface area contributed by atoms with Crippen LogP contribution in [-0.4, -0.2) is 21.5 Å². The average Bonchev–Trinajstić information content (AvgIpc) is 3.13. The van der Waals surface area contributed by atoms with E-state index in [0.29, 0.717) is 24.0 Å². The van der Waals surface area contributed by atoms with E-state index < -0.39 is 0 Å². The lowest BCUT2D eigenvalue weighted by Crippen LogP contribution is -2.11. The van der Waals surface area contributed by atoms with Crippen molar-refractivity contribution < 1.29 is 4.42 Å². The van der Waals surface area contributed by atoms with Crippen LogP contribution < -0.4 is 10.6 Å². The first-order valence-corrected chi connectivity index (χ1v) is 8.00. The van der Waals surface area contributed by atoms with E-state index in [0.717, 1.165) is 22.6 Å². The van der Waals surface area contributed by atoms with E-state index in [-0.39, 0.29) is 0 Å². The quantitative estimate of drug-likeness (QED) is 0.759. The minimum Gasteiger partial charge on any atom is -0.435 e. The van der Waals surface area contributed by atoms with Gasteiger partial charge in [-0.1, -0.05) is 12.1 Å². The largest absolute Gasteiger partial charge is 0.435 e. The van der Waals surface area contributed by atoms with Crippen molar-refractivity contribution in [1.82, 2.24) is 20.3 Å². The van der Waals surface area contributed by atoms with Crippen molar-refractivity contribution in [2.75, 3.05) is 11.9 Å². The van der Waals surface area contributed by atoms with Crippen LogP contribution in [0.2, 0.25) is 0 Å². The molecule has 6 nitrogen and oxygen atoms in total. The van der Waals surface area contributed by atoms with E-state index in [4.69, 9.17) is 4.42 Å². The van der Waals surface area contributed by atoms with Gasteiger partial charge in [-0.2, -0.15) is 0 Å². The maximum atomic E-state index is 5.87. The first-order valence-electron chi connectivity index (χ1n) is 8.00. The third-order valence-electron chi connectivity index (χ3n) is 3.76. The fourth-order valence-corrected chi connectivity index (χ4v) is 2.53. The molecule has 0 unspecified atom stereocenters. The van der Waals surface area contributed by atoms with Crippen molar-refractivity contribution in [2.45, 2.75) is 6.92 Å². The smallest absolute Gasteiger partial charge is 0.224 e. The number of aryl methyl sites for hydroxylation is 1. The SMILES string of the molecule is Cc1ccnc(Nc2cccc(-c3cnc(C4=CC=CNC4)o3)n2)c1. The highest BCUT2D eigenvalue weighted by atomic mass is 16.4. The zero-order valence-corrected chi connectivity index (χ0v) is 13.7. The molecule has 0 radical (unpaired) electrons. The highest BCUT2D eigenvalue weighted by Gasteiger charge is 2.12. The molecule has 0 atom stereocenters. The molecule has 1 aliphatic heterocycles. The number of dihydropyridines is 1. The zero-order chi connectivity index (χ0) is 17.1. The number of hydrogen-bond donors (Lipinski definition) is 2. The van der Waals surface area contributed by atoms with Gasteiger partial charge in [0.05, 0.1) is 6.20 Å². The molecular formula is C19H17N5O. The monoisotopic (exact) mass is 331 g/mol. The number of anilines is 2. The molecule has 0 saturated heterocycles. The number of oxazole rings is 1. The van der Waals surface area contributed by atoms with Crippen molar-refractivity contribution in [3.8, 4) is 11.5 Å². The molecule has 4 rings (SSSR count). The van der Waals surface area contributed by atoms with Crippen molar-refractivity contribution in [1.29, 1.82) is 0 Å². The Bertz CT molecular complexity index is 958. The molecule has 3 aromatic rings. The summed E-state index contributed by atoms with van der Waals surface area (Å²) >= 11 is 0. The summed E-state index contributed by atoms with van der Waals surface area (Å²) in [4.78, 5) is 13.2. The van der Waals surface area contributed by atoms with Gasteiger partial charge in [0.25, 0.3) is 0 Å². The van der Waals surface area contributed by atoms with Gasteiger partial charge in [-0.3, -0.25) is 0 Å². The molecule has 6 heteroatoms. The molecule has 3 aromatic heterocycles. The Morgan fingerprint density at radius 2 is 2.12 bits per heavy atom. The third-order valence-corrected chi connectivity index (χ3v) is 3.76. The van der Waals surface area contributed by atoms with Crippen molar-refractivity contribution in [3.05, 3.63) is 72.5 Å². The molecule has 0 aromatic carbocycles. The molecular weight excluding hydrogens is 314 g/mol. The predicted molar refractivity (Wildman–Crippen MR) is 97.1 cm³/mol. The summed E-state index contributed by atoms with van der Waals surface area (Å²) in [5, 5.41) is 6.35. The van der Waals surface area contributed by atoms with Gasteiger partial charge in [0.15, 0.2) is 5.76 Å². The highest BCUT2D eigenvalue weighted by molar-refractivity contribution is 5.65. The lowest BCUT2D eigenvalue weighted by molar-refractivity contribution is 0.551. The molecule has 0 aliphatic carbocycles. The average molecular weight is 331 g/mol. The van der Waals surface area contributed by atoms with E-state index in [1.165, 1.54) is 0 Å². The zero-order valence-electron chi connectivity index (χ0n) is 13.7. The van der Waals surface area contributed by atoms with Crippen LogP contribution in [0.25, 0.3) is 17.0 Å². The Morgan fingerprint density at radius 3 is 2.96 bits per heavy atom. The number of pyridine rings is 2. The van der Waals surface area contributed by atoms with Crippen LogP contribution in [0.3, 0.4) is 0 Å². The molecule has 0 fully saturated rings. The highest BCUT2D eigenvalue weighted by Crippen LogP contribution is 2.24. The molecule has 0 spiro atoms. The topological polar surface area (TPSA) is 75.9 Å². The van der Waals surface area contributed by atoms with Crippen LogP contribution in [0.1, 0.15) is 11.5 Å². The summed E-state index contributed by atoms with van der Waals surface area (Å²) in [7, 11) is 0. The van der Waals surface area contributed by atoms with E-state index in [1.807, 2.05) is 55.6 Å². The van der Waals surface area contributed by atoms with E-state index in [1.54, 1.807) is 12.4 Å². The minimum atomic E-state index is 0.604. The standard InChI is InChI=1S/C19H17N5O/c1-13-7-9-21-18(10-13)24-17-6-2-5-15(23-17)16-12-22-19(25-16)14-4-3-8-20-11-14/h2-10,12,20H,11H2,1H3,(H,21,23,24). The first kappa shape index (κ1) is 15.1. The first-order chi connectivity index (χ1) is 12.3. The van der Waals surface area contributed by atoms with E-state index in [2.05, 4.69) is 25.6 Å². The summed E-state index contributed by atoms with van der Waals surface area (Å²) in [5.41, 5.74) is 2.86. The van der Waals surface area contributed by atoms with Gasteiger partial charge >= 0.3 is 0 Å². The number of hydrogen-bond acceptors (Lipinski definition) is 6. The molecule has 4 heterocycles. The molecule has 124 valence electrons. The van der Waals surface area contributed by atoms with Gasteiger partial charge in [0, 0.05) is 18.3 Å².